The van der Waals surface area contributed by atoms with Gasteiger partial charge in [-0.15, -0.1) is 0 Å². The number of carbonyl (C=O) groups excluding carboxylic acids is 1. The maximum absolute atomic E-state index is 13.7. The lowest BCUT2D eigenvalue weighted by Gasteiger charge is -2.15. The Morgan fingerprint density at radius 2 is 1.77 bits per heavy atom. The number of aryl methyl sites for hydroxylation is 3. The lowest BCUT2D eigenvalue weighted by atomic mass is 9.98. The largest absolute Gasteiger partial charge is 0.494 e. The molecule has 5 rings (SSSR count). The summed E-state index contributed by atoms with van der Waals surface area (Å²) in [4.78, 5) is 26.7. The van der Waals surface area contributed by atoms with Gasteiger partial charge in [-0.1, -0.05) is 6.07 Å². The molecule has 0 saturated carbocycles. The first-order chi connectivity index (χ1) is 16.7. The Balaban J connectivity index is 1.66. The van der Waals surface area contributed by atoms with E-state index in [4.69, 9.17) is 13.9 Å². The molecule has 1 aliphatic rings. The average molecular weight is 470 g/mol. The molecule has 2 aromatic carbocycles. The molecule has 0 amide bonds. The van der Waals surface area contributed by atoms with Gasteiger partial charge in [0.15, 0.2) is 17.3 Å². The highest BCUT2D eigenvalue weighted by atomic mass is 16.7. The first kappa shape index (κ1) is 22.3. The molecule has 0 fully saturated rings. The summed E-state index contributed by atoms with van der Waals surface area (Å²) < 4.78 is 17.6. The fourth-order valence-electron chi connectivity index (χ4n) is 4.40. The average Bonchev–Trinajstić information content (AvgIpc) is 3.41. The first-order valence-electron chi connectivity index (χ1n) is 11.0. The molecule has 1 N–H and O–H groups in total. The molecule has 176 valence electrons. The molecule has 0 unspecified atom stereocenters. The number of furan rings is 1. The molecule has 2 aromatic heterocycles. The van der Waals surface area contributed by atoms with Gasteiger partial charge in [-0.25, -0.2) is 0 Å². The zero-order valence-corrected chi connectivity index (χ0v) is 19.7. The van der Waals surface area contributed by atoms with Crippen LogP contribution >= 0.6 is 0 Å². The smallest absolute Gasteiger partial charge is 0.271 e. The van der Waals surface area contributed by atoms with Gasteiger partial charge in [-0.3, -0.25) is 14.2 Å². The maximum atomic E-state index is 13.7. The van der Waals surface area contributed by atoms with Crippen molar-refractivity contribution in [2.75, 3.05) is 6.79 Å². The zero-order valence-electron chi connectivity index (χ0n) is 19.7. The van der Waals surface area contributed by atoms with Gasteiger partial charge < -0.3 is 19.0 Å². The summed E-state index contributed by atoms with van der Waals surface area (Å²) >= 11 is 0. The highest BCUT2D eigenvalue weighted by Gasteiger charge is 2.29. The van der Waals surface area contributed by atoms with Crippen molar-refractivity contribution >= 4 is 16.8 Å². The number of nitrogens with zero attached hydrogens (tertiary/aromatic N) is 2. The molecule has 0 atom stereocenters. The van der Waals surface area contributed by atoms with Crippen LogP contribution in [0.4, 0.5) is 0 Å². The number of rotatable bonds is 4. The number of nitriles is 1. The van der Waals surface area contributed by atoms with Gasteiger partial charge in [-0.2, -0.15) is 5.26 Å². The summed E-state index contributed by atoms with van der Waals surface area (Å²) in [6.45, 7) is 7.20. The van der Waals surface area contributed by atoms with Crippen molar-refractivity contribution in [3.05, 3.63) is 85.4 Å². The molecule has 8 heteroatoms. The molecular formula is C27H22N2O6. The topological polar surface area (TPSA) is 115 Å². The van der Waals surface area contributed by atoms with Crippen molar-refractivity contribution < 1.29 is 23.8 Å². The number of fused-ring (bicyclic) bond motifs is 2. The van der Waals surface area contributed by atoms with E-state index in [0.717, 1.165) is 21.1 Å². The number of hydrogen-bond donors (Lipinski definition) is 1. The third-order valence-electron chi connectivity index (χ3n) is 6.56. The van der Waals surface area contributed by atoms with E-state index >= 15 is 0 Å². The van der Waals surface area contributed by atoms with E-state index in [1.807, 2.05) is 32.0 Å². The predicted molar refractivity (Wildman–Crippen MR) is 127 cm³/mol. The number of aromatic hydroxyl groups is 1. The number of aromatic nitrogens is 1. The monoisotopic (exact) mass is 470 g/mol. The normalized spacial score (nSPS) is 12.2. The van der Waals surface area contributed by atoms with Gasteiger partial charge >= 0.3 is 0 Å². The molecule has 3 heterocycles. The minimum atomic E-state index is -0.690. The quantitative estimate of drug-likeness (QED) is 0.439. The lowest BCUT2D eigenvalue weighted by molar-refractivity contribution is 0.101. The fraction of sp³-hybridized carbons (Fsp3) is 0.222. The molecule has 0 spiro atoms. The number of benzene rings is 2. The molecule has 0 bridgehead atoms. The molecule has 35 heavy (non-hydrogen) atoms. The Labute approximate surface area is 200 Å². The van der Waals surface area contributed by atoms with Crippen LogP contribution < -0.4 is 15.0 Å². The second-order valence-corrected chi connectivity index (χ2v) is 8.71. The molecule has 0 radical (unpaired) electrons. The molecule has 4 aromatic rings. The van der Waals surface area contributed by atoms with Gasteiger partial charge in [0.25, 0.3) is 5.56 Å². The number of carbonyl (C=O) groups is 1. The molecular weight excluding hydrogens is 448 g/mol. The minimum Gasteiger partial charge on any atom is -0.494 e. The summed E-state index contributed by atoms with van der Waals surface area (Å²) in [7, 11) is 0. The van der Waals surface area contributed by atoms with Gasteiger partial charge in [0.2, 0.25) is 18.5 Å². The van der Waals surface area contributed by atoms with Crippen molar-refractivity contribution in [3.63, 3.8) is 0 Å². The minimum absolute atomic E-state index is 0.0561. The van der Waals surface area contributed by atoms with E-state index in [0.29, 0.717) is 28.2 Å². The van der Waals surface area contributed by atoms with Crippen LogP contribution in [0.1, 0.15) is 49.5 Å². The highest BCUT2D eigenvalue weighted by molar-refractivity contribution is 6.12. The van der Waals surface area contributed by atoms with Gasteiger partial charge in [0, 0.05) is 10.9 Å². The second kappa shape index (κ2) is 8.06. The molecule has 8 nitrogen and oxygen atoms in total. The Kier molecular flexibility index (Phi) is 5.13. The standard InChI is InChI=1S/C27H22N2O6/c1-13-7-18-16(4)25(35-21(18)8-14(13)2)24(30)23-15(3)19(10-28)26(31)29(27(23)32)11-17-5-6-20-22(9-17)34-12-33-20/h5-9,32H,11-12H2,1-4H3. The van der Waals surface area contributed by atoms with Crippen molar-refractivity contribution in [1.82, 2.24) is 4.57 Å². The van der Waals surface area contributed by atoms with Crippen molar-refractivity contribution in [2.45, 2.75) is 34.2 Å². The summed E-state index contributed by atoms with van der Waals surface area (Å²) in [5.74, 6) is 0.0259. The maximum Gasteiger partial charge on any atom is 0.271 e. The summed E-state index contributed by atoms with van der Waals surface area (Å²) in [6, 6.07) is 10.8. The van der Waals surface area contributed by atoms with Crippen LogP contribution in [0, 0.1) is 39.0 Å². The highest BCUT2D eigenvalue weighted by Crippen LogP contribution is 2.35. The van der Waals surface area contributed by atoms with E-state index in [1.54, 1.807) is 25.1 Å². The number of hydrogen-bond acceptors (Lipinski definition) is 7. The fourth-order valence-corrected chi connectivity index (χ4v) is 4.40. The Morgan fingerprint density at radius 3 is 2.51 bits per heavy atom. The molecule has 0 saturated heterocycles. The van der Waals surface area contributed by atoms with Gasteiger partial charge in [0.1, 0.15) is 17.2 Å². The Bertz CT molecular complexity index is 1650. The zero-order chi connectivity index (χ0) is 25.0. The molecule has 1 aliphatic heterocycles. The van der Waals surface area contributed by atoms with Crippen LogP contribution in [0.15, 0.2) is 39.5 Å². The number of ketones is 1. The van der Waals surface area contributed by atoms with E-state index in [1.165, 1.54) is 6.92 Å². The van der Waals surface area contributed by atoms with Crippen LogP contribution in [0.2, 0.25) is 0 Å². The molecule has 0 aliphatic carbocycles. The summed E-state index contributed by atoms with van der Waals surface area (Å²) in [5, 5.41) is 21.6. The third kappa shape index (κ3) is 3.44. The first-order valence-corrected chi connectivity index (χ1v) is 11.0. The van der Waals surface area contributed by atoms with E-state index in [2.05, 4.69) is 0 Å². The van der Waals surface area contributed by atoms with E-state index in [-0.39, 0.29) is 35.8 Å². The van der Waals surface area contributed by atoms with Crippen LogP contribution in [-0.2, 0) is 6.54 Å². The third-order valence-corrected chi connectivity index (χ3v) is 6.56. The van der Waals surface area contributed by atoms with E-state index < -0.39 is 17.2 Å². The van der Waals surface area contributed by atoms with Crippen LogP contribution in [-0.4, -0.2) is 22.2 Å². The SMILES string of the molecule is Cc1cc2oc(C(=O)c3c(C)c(C#N)c(=O)n(Cc4ccc5c(c4)OCO5)c3O)c(C)c2cc1C. The van der Waals surface area contributed by atoms with Gasteiger partial charge in [-0.05, 0) is 74.2 Å². The second-order valence-electron chi connectivity index (χ2n) is 8.71. The Hall–Kier alpha value is -4.51. The van der Waals surface area contributed by atoms with Gasteiger partial charge in [0.05, 0.1) is 12.1 Å². The number of pyridine rings is 1. The predicted octanol–water partition coefficient (Wildman–Crippen LogP) is 4.41. The Morgan fingerprint density at radius 1 is 1.06 bits per heavy atom. The summed E-state index contributed by atoms with van der Waals surface area (Å²) in [6.07, 6.45) is 0. The van der Waals surface area contributed by atoms with E-state index in [9.17, 15) is 20.0 Å². The van der Waals surface area contributed by atoms with Crippen LogP contribution in [0.3, 0.4) is 0 Å². The summed E-state index contributed by atoms with van der Waals surface area (Å²) in [5.41, 5.74) is 2.95. The van der Waals surface area contributed by atoms with Crippen molar-refractivity contribution in [3.8, 4) is 23.4 Å². The van der Waals surface area contributed by atoms with Crippen molar-refractivity contribution in [1.29, 1.82) is 5.26 Å². The van der Waals surface area contributed by atoms with Crippen molar-refractivity contribution in [2.24, 2.45) is 0 Å². The number of ether oxygens (including phenoxy) is 2. The lowest BCUT2D eigenvalue weighted by Crippen LogP contribution is -2.27. The van der Waals surface area contributed by atoms with Crippen LogP contribution in [0.25, 0.3) is 11.0 Å². The van der Waals surface area contributed by atoms with Crippen LogP contribution in [0.5, 0.6) is 17.4 Å².